The zero-order valence-corrected chi connectivity index (χ0v) is 8.58. The van der Waals surface area contributed by atoms with E-state index >= 15 is 0 Å². The van der Waals surface area contributed by atoms with Gasteiger partial charge in [0.15, 0.2) is 0 Å². The van der Waals surface area contributed by atoms with E-state index in [0.29, 0.717) is 6.61 Å². The molecule has 1 saturated heterocycles. The Morgan fingerprint density at radius 1 is 1.58 bits per heavy atom. The Kier molecular flexibility index (Phi) is 4.08. The molecule has 12 heavy (non-hydrogen) atoms. The summed E-state index contributed by atoms with van der Waals surface area (Å²) in [7, 11) is -0.290. The van der Waals surface area contributed by atoms with Crippen LogP contribution in [0.15, 0.2) is 12.7 Å². The van der Waals surface area contributed by atoms with Crippen molar-refractivity contribution in [1.82, 2.24) is 0 Å². The van der Waals surface area contributed by atoms with Gasteiger partial charge >= 0.3 is 5.97 Å². The topological polar surface area (TPSA) is 26.3 Å². The summed E-state index contributed by atoms with van der Waals surface area (Å²) in [5.41, 5.74) is 0. The Hall–Kier alpha value is -0.573. The predicted molar refractivity (Wildman–Crippen MR) is 52.0 cm³/mol. The summed E-state index contributed by atoms with van der Waals surface area (Å²) in [6.45, 7) is 3.93. The van der Waals surface area contributed by atoms with Gasteiger partial charge in [0, 0.05) is 14.9 Å². The maximum atomic E-state index is 10.6. The standard InChI is InChI=1S/C9H16O2Si/c1-2-9(10)11-5-3-6-12-7-4-8-12/h2,12H,1,3-8H2. The molecule has 1 aliphatic heterocycles. The van der Waals surface area contributed by atoms with Crippen LogP contribution in [0.1, 0.15) is 12.8 Å². The molecule has 0 saturated carbocycles. The lowest BCUT2D eigenvalue weighted by atomic mass is 10.5. The number of hydrogen-bond donors (Lipinski definition) is 0. The fourth-order valence-corrected chi connectivity index (χ4v) is 3.69. The van der Waals surface area contributed by atoms with Gasteiger partial charge in [0.2, 0.25) is 0 Å². The van der Waals surface area contributed by atoms with Gasteiger partial charge in [-0.1, -0.05) is 31.1 Å². The maximum Gasteiger partial charge on any atom is 0.330 e. The van der Waals surface area contributed by atoms with E-state index in [2.05, 4.69) is 6.58 Å². The number of carbonyl (C=O) groups excluding carboxylic acids is 1. The van der Waals surface area contributed by atoms with Crippen molar-refractivity contribution < 1.29 is 9.53 Å². The Morgan fingerprint density at radius 3 is 2.83 bits per heavy atom. The van der Waals surface area contributed by atoms with E-state index in [4.69, 9.17) is 4.74 Å². The molecular weight excluding hydrogens is 168 g/mol. The van der Waals surface area contributed by atoms with Crippen LogP contribution in [0.2, 0.25) is 18.1 Å². The second-order valence-corrected chi connectivity index (χ2v) is 6.77. The summed E-state index contributed by atoms with van der Waals surface area (Å²) in [5.74, 6) is -0.287. The second kappa shape index (κ2) is 5.14. The highest BCUT2D eigenvalue weighted by atomic mass is 28.3. The van der Waals surface area contributed by atoms with E-state index in [1.54, 1.807) is 0 Å². The van der Waals surface area contributed by atoms with Crippen LogP contribution in [0.3, 0.4) is 0 Å². The van der Waals surface area contributed by atoms with Crippen LogP contribution in [-0.2, 0) is 9.53 Å². The van der Waals surface area contributed by atoms with Gasteiger partial charge in [0.25, 0.3) is 0 Å². The summed E-state index contributed by atoms with van der Waals surface area (Å²) in [6, 6.07) is 4.37. The molecule has 0 aromatic heterocycles. The molecule has 1 aliphatic rings. The van der Waals surface area contributed by atoms with Crippen LogP contribution >= 0.6 is 0 Å². The molecule has 1 heterocycles. The van der Waals surface area contributed by atoms with Gasteiger partial charge in [-0.15, -0.1) is 0 Å². The van der Waals surface area contributed by atoms with Gasteiger partial charge in [-0.25, -0.2) is 4.79 Å². The summed E-state index contributed by atoms with van der Waals surface area (Å²) in [4.78, 5) is 10.6. The van der Waals surface area contributed by atoms with Crippen LogP contribution in [0, 0.1) is 0 Å². The van der Waals surface area contributed by atoms with E-state index < -0.39 is 0 Å². The van der Waals surface area contributed by atoms with Gasteiger partial charge in [-0.05, 0) is 6.42 Å². The van der Waals surface area contributed by atoms with Crippen molar-refractivity contribution in [1.29, 1.82) is 0 Å². The minimum atomic E-state index is -0.290. The van der Waals surface area contributed by atoms with Crippen LogP contribution in [-0.4, -0.2) is 21.4 Å². The van der Waals surface area contributed by atoms with Crippen LogP contribution in [0.4, 0.5) is 0 Å². The highest BCUT2D eigenvalue weighted by Crippen LogP contribution is 2.24. The minimum Gasteiger partial charge on any atom is -0.463 e. The first kappa shape index (κ1) is 9.51. The molecular formula is C9H16O2Si. The molecule has 0 unspecified atom stereocenters. The van der Waals surface area contributed by atoms with Crippen LogP contribution in [0.5, 0.6) is 0 Å². The largest absolute Gasteiger partial charge is 0.463 e. The number of carbonyl (C=O) groups is 1. The third-order valence-corrected chi connectivity index (χ3v) is 6.07. The van der Waals surface area contributed by atoms with Gasteiger partial charge < -0.3 is 4.74 Å². The zero-order valence-electron chi connectivity index (χ0n) is 7.42. The van der Waals surface area contributed by atoms with Crippen molar-refractivity contribution in [2.45, 2.75) is 31.0 Å². The van der Waals surface area contributed by atoms with Crippen LogP contribution in [0.25, 0.3) is 0 Å². The Morgan fingerprint density at radius 2 is 2.33 bits per heavy atom. The third kappa shape index (κ3) is 3.22. The number of rotatable bonds is 5. The lowest BCUT2D eigenvalue weighted by Gasteiger charge is -2.23. The average Bonchev–Trinajstić information content (AvgIpc) is 2.00. The number of esters is 1. The molecule has 0 aromatic carbocycles. The van der Waals surface area contributed by atoms with E-state index in [1.807, 2.05) is 0 Å². The molecule has 0 atom stereocenters. The molecule has 0 radical (unpaired) electrons. The summed E-state index contributed by atoms with van der Waals surface area (Å²) < 4.78 is 4.88. The molecule has 2 nitrogen and oxygen atoms in total. The predicted octanol–water partition coefficient (Wildman–Crippen LogP) is 1.74. The molecule has 0 amide bonds. The fraction of sp³-hybridized carbons (Fsp3) is 0.667. The van der Waals surface area contributed by atoms with Gasteiger partial charge in [0.05, 0.1) is 6.61 Å². The third-order valence-electron chi connectivity index (χ3n) is 2.39. The molecule has 0 bridgehead atoms. The van der Waals surface area contributed by atoms with E-state index in [0.717, 1.165) is 6.42 Å². The second-order valence-electron chi connectivity index (χ2n) is 3.31. The first-order chi connectivity index (χ1) is 5.83. The van der Waals surface area contributed by atoms with E-state index in [9.17, 15) is 4.79 Å². The first-order valence-corrected chi connectivity index (χ1v) is 7.07. The smallest absolute Gasteiger partial charge is 0.330 e. The zero-order chi connectivity index (χ0) is 8.81. The molecule has 0 N–H and O–H groups in total. The summed E-state index contributed by atoms with van der Waals surface area (Å²) in [5, 5.41) is 0. The van der Waals surface area contributed by atoms with Crippen molar-refractivity contribution in [2.24, 2.45) is 0 Å². The minimum absolute atomic E-state index is 0.287. The van der Waals surface area contributed by atoms with Crippen molar-refractivity contribution in [3.63, 3.8) is 0 Å². The molecule has 0 spiro atoms. The molecule has 0 aliphatic carbocycles. The highest BCUT2D eigenvalue weighted by molar-refractivity contribution is 6.61. The van der Waals surface area contributed by atoms with Gasteiger partial charge in [0.1, 0.15) is 0 Å². The molecule has 1 rings (SSSR count). The number of hydrogen-bond acceptors (Lipinski definition) is 2. The highest BCUT2D eigenvalue weighted by Gasteiger charge is 2.18. The molecule has 0 aromatic rings. The average molecular weight is 184 g/mol. The first-order valence-electron chi connectivity index (χ1n) is 4.62. The monoisotopic (exact) mass is 184 g/mol. The van der Waals surface area contributed by atoms with Gasteiger partial charge in [-0.3, -0.25) is 0 Å². The SMILES string of the molecule is C=CC(=O)OCCC[SiH]1CCC1. The Bertz CT molecular complexity index is 164. The fourth-order valence-electron chi connectivity index (χ4n) is 1.39. The molecule has 68 valence electrons. The van der Waals surface area contributed by atoms with Gasteiger partial charge in [-0.2, -0.15) is 0 Å². The lowest BCUT2D eigenvalue weighted by Crippen LogP contribution is -2.21. The lowest BCUT2D eigenvalue weighted by molar-refractivity contribution is -0.137. The summed E-state index contributed by atoms with van der Waals surface area (Å²) in [6.07, 6.45) is 3.74. The Balaban J connectivity index is 1.88. The van der Waals surface area contributed by atoms with Crippen molar-refractivity contribution in [3.8, 4) is 0 Å². The Labute approximate surface area is 75.2 Å². The van der Waals surface area contributed by atoms with Crippen molar-refractivity contribution in [3.05, 3.63) is 12.7 Å². The molecule has 3 heteroatoms. The molecule has 1 fully saturated rings. The number of ether oxygens (including phenoxy) is 1. The maximum absolute atomic E-state index is 10.6. The quantitative estimate of drug-likeness (QED) is 0.281. The van der Waals surface area contributed by atoms with E-state index in [1.165, 1.54) is 30.6 Å². The summed E-state index contributed by atoms with van der Waals surface area (Å²) >= 11 is 0. The van der Waals surface area contributed by atoms with Crippen molar-refractivity contribution >= 4 is 14.8 Å². The van der Waals surface area contributed by atoms with Crippen molar-refractivity contribution in [2.75, 3.05) is 6.61 Å². The normalized spacial score (nSPS) is 16.7. The van der Waals surface area contributed by atoms with Crippen LogP contribution < -0.4 is 0 Å². The van der Waals surface area contributed by atoms with E-state index in [-0.39, 0.29) is 14.8 Å².